The summed E-state index contributed by atoms with van der Waals surface area (Å²) in [5.41, 5.74) is 2.45. The van der Waals surface area contributed by atoms with Gasteiger partial charge in [0.05, 0.1) is 13.7 Å². The zero-order chi connectivity index (χ0) is 18.6. The number of ether oxygens (including phenoxy) is 1. The second kappa shape index (κ2) is 7.92. The van der Waals surface area contributed by atoms with E-state index in [1.165, 1.54) is 5.56 Å². The van der Waals surface area contributed by atoms with E-state index >= 15 is 0 Å². The molecule has 0 saturated carbocycles. The van der Waals surface area contributed by atoms with Crippen molar-refractivity contribution in [1.82, 2.24) is 24.8 Å². The molecule has 1 aliphatic rings. The lowest BCUT2D eigenvalue weighted by Gasteiger charge is -2.30. The fourth-order valence-electron chi connectivity index (χ4n) is 3.71. The standard InChI is InChI=1S/C20H25N5O2/c1-15-22-20(23-27-15)17-6-10-24(11-7-17)13-16-4-5-19(26-2)18(12-16)14-25-9-3-8-21-25/h3-5,8-9,12,17H,6-7,10-11,13-14H2,1-2H3. The van der Waals surface area contributed by atoms with Gasteiger partial charge < -0.3 is 9.26 Å². The van der Waals surface area contributed by atoms with E-state index in [4.69, 9.17) is 9.26 Å². The third kappa shape index (κ3) is 4.19. The molecule has 7 nitrogen and oxygen atoms in total. The second-order valence-corrected chi connectivity index (χ2v) is 7.07. The summed E-state index contributed by atoms with van der Waals surface area (Å²) in [6.07, 6.45) is 5.90. The molecule has 0 radical (unpaired) electrons. The van der Waals surface area contributed by atoms with Crippen LogP contribution in [0.4, 0.5) is 0 Å². The first-order valence-electron chi connectivity index (χ1n) is 9.37. The Kier molecular flexibility index (Phi) is 5.20. The smallest absolute Gasteiger partial charge is 0.223 e. The Balaban J connectivity index is 1.39. The Morgan fingerprint density at radius 3 is 2.74 bits per heavy atom. The van der Waals surface area contributed by atoms with E-state index in [9.17, 15) is 0 Å². The molecule has 0 N–H and O–H groups in total. The van der Waals surface area contributed by atoms with Crippen molar-refractivity contribution in [3.05, 3.63) is 59.5 Å². The van der Waals surface area contributed by atoms with Crippen molar-refractivity contribution in [3.8, 4) is 5.75 Å². The van der Waals surface area contributed by atoms with Crippen LogP contribution in [0.3, 0.4) is 0 Å². The Labute approximate surface area is 158 Å². The summed E-state index contributed by atoms with van der Waals surface area (Å²) in [6.45, 7) is 5.57. The first kappa shape index (κ1) is 17.7. The number of aromatic nitrogens is 4. The highest BCUT2D eigenvalue weighted by atomic mass is 16.5. The fourth-order valence-corrected chi connectivity index (χ4v) is 3.71. The second-order valence-electron chi connectivity index (χ2n) is 7.07. The topological polar surface area (TPSA) is 69.2 Å². The van der Waals surface area contributed by atoms with Crippen LogP contribution >= 0.6 is 0 Å². The van der Waals surface area contributed by atoms with Crippen LogP contribution < -0.4 is 4.74 Å². The summed E-state index contributed by atoms with van der Waals surface area (Å²) in [4.78, 5) is 6.88. The van der Waals surface area contributed by atoms with Crippen LogP contribution in [0.5, 0.6) is 5.75 Å². The van der Waals surface area contributed by atoms with Gasteiger partial charge in [0.25, 0.3) is 0 Å². The molecule has 1 fully saturated rings. The molecule has 3 aromatic rings. The van der Waals surface area contributed by atoms with Gasteiger partial charge in [0.2, 0.25) is 5.89 Å². The van der Waals surface area contributed by atoms with E-state index in [2.05, 4.69) is 38.3 Å². The number of nitrogens with zero attached hydrogens (tertiary/aromatic N) is 5. The zero-order valence-electron chi connectivity index (χ0n) is 15.8. The summed E-state index contributed by atoms with van der Waals surface area (Å²) in [6, 6.07) is 8.38. The maximum Gasteiger partial charge on any atom is 0.223 e. The molecule has 27 heavy (non-hydrogen) atoms. The average molecular weight is 367 g/mol. The van der Waals surface area contributed by atoms with Crippen LogP contribution in [0.25, 0.3) is 0 Å². The fraction of sp³-hybridized carbons (Fsp3) is 0.450. The van der Waals surface area contributed by atoms with Crippen LogP contribution in [-0.4, -0.2) is 45.0 Å². The van der Waals surface area contributed by atoms with E-state index in [-0.39, 0.29) is 0 Å². The molecule has 7 heteroatoms. The first-order chi connectivity index (χ1) is 13.2. The number of likely N-dealkylation sites (tertiary alicyclic amines) is 1. The highest BCUT2D eigenvalue weighted by Crippen LogP contribution is 2.28. The minimum atomic E-state index is 0.407. The molecule has 1 aromatic carbocycles. The van der Waals surface area contributed by atoms with Gasteiger partial charge in [0, 0.05) is 37.3 Å². The van der Waals surface area contributed by atoms with E-state index in [1.54, 1.807) is 13.3 Å². The van der Waals surface area contributed by atoms with Crippen molar-refractivity contribution in [2.75, 3.05) is 20.2 Å². The van der Waals surface area contributed by atoms with Gasteiger partial charge in [-0.2, -0.15) is 10.1 Å². The van der Waals surface area contributed by atoms with Crippen molar-refractivity contribution in [2.45, 2.75) is 38.8 Å². The molecule has 0 aliphatic carbocycles. The van der Waals surface area contributed by atoms with Gasteiger partial charge in [-0.05, 0) is 49.7 Å². The Hall–Kier alpha value is -2.67. The van der Waals surface area contributed by atoms with E-state index in [0.717, 1.165) is 49.6 Å². The van der Waals surface area contributed by atoms with Crippen LogP contribution in [0.15, 0.2) is 41.2 Å². The highest BCUT2D eigenvalue weighted by Gasteiger charge is 2.24. The van der Waals surface area contributed by atoms with E-state index in [0.29, 0.717) is 18.4 Å². The Morgan fingerprint density at radius 2 is 2.07 bits per heavy atom. The Morgan fingerprint density at radius 1 is 1.22 bits per heavy atom. The monoisotopic (exact) mass is 367 g/mol. The molecule has 2 aromatic heterocycles. The number of hydrogen-bond donors (Lipinski definition) is 0. The van der Waals surface area contributed by atoms with Crippen molar-refractivity contribution in [2.24, 2.45) is 0 Å². The third-order valence-electron chi connectivity index (χ3n) is 5.14. The SMILES string of the molecule is COc1ccc(CN2CCC(c3noc(C)n3)CC2)cc1Cn1cccn1. The lowest BCUT2D eigenvalue weighted by Crippen LogP contribution is -2.32. The number of aryl methyl sites for hydroxylation is 1. The molecule has 0 unspecified atom stereocenters. The maximum absolute atomic E-state index is 5.53. The third-order valence-corrected chi connectivity index (χ3v) is 5.14. The average Bonchev–Trinajstić information content (AvgIpc) is 3.34. The predicted octanol–water partition coefficient (Wildman–Crippen LogP) is 3.01. The summed E-state index contributed by atoms with van der Waals surface area (Å²) in [5.74, 6) is 2.82. The van der Waals surface area contributed by atoms with Crippen molar-refractivity contribution in [3.63, 3.8) is 0 Å². The molecular weight excluding hydrogens is 342 g/mol. The molecule has 0 atom stereocenters. The van der Waals surface area contributed by atoms with Crippen LogP contribution in [0.1, 0.15) is 41.6 Å². The molecule has 142 valence electrons. The zero-order valence-corrected chi connectivity index (χ0v) is 15.8. The molecule has 3 heterocycles. The molecule has 1 aliphatic heterocycles. The molecule has 0 amide bonds. The normalized spacial score (nSPS) is 15.9. The molecular formula is C20H25N5O2. The molecule has 4 rings (SSSR count). The van der Waals surface area contributed by atoms with Gasteiger partial charge in [0.1, 0.15) is 5.75 Å². The molecule has 1 saturated heterocycles. The number of rotatable bonds is 6. The van der Waals surface area contributed by atoms with Crippen molar-refractivity contribution in [1.29, 1.82) is 0 Å². The summed E-state index contributed by atoms with van der Waals surface area (Å²) in [5, 5.41) is 8.39. The molecule has 0 bridgehead atoms. The van der Waals surface area contributed by atoms with E-state index < -0.39 is 0 Å². The summed E-state index contributed by atoms with van der Waals surface area (Å²) < 4.78 is 12.6. The van der Waals surface area contributed by atoms with Crippen LogP contribution in [0.2, 0.25) is 0 Å². The van der Waals surface area contributed by atoms with Gasteiger partial charge in [-0.15, -0.1) is 0 Å². The van der Waals surface area contributed by atoms with Crippen molar-refractivity contribution < 1.29 is 9.26 Å². The number of methoxy groups -OCH3 is 1. The van der Waals surface area contributed by atoms with Crippen molar-refractivity contribution >= 4 is 0 Å². The summed E-state index contributed by atoms with van der Waals surface area (Å²) in [7, 11) is 1.71. The van der Waals surface area contributed by atoms with Gasteiger partial charge in [0.15, 0.2) is 5.82 Å². The molecule has 0 spiro atoms. The maximum atomic E-state index is 5.53. The predicted molar refractivity (Wildman–Crippen MR) is 101 cm³/mol. The number of piperidine rings is 1. The minimum absolute atomic E-state index is 0.407. The highest BCUT2D eigenvalue weighted by molar-refractivity contribution is 5.37. The van der Waals surface area contributed by atoms with Gasteiger partial charge in [-0.25, -0.2) is 0 Å². The largest absolute Gasteiger partial charge is 0.496 e. The van der Waals surface area contributed by atoms with Crippen LogP contribution in [0, 0.1) is 6.92 Å². The van der Waals surface area contributed by atoms with E-state index in [1.807, 2.05) is 23.9 Å². The summed E-state index contributed by atoms with van der Waals surface area (Å²) >= 11 is 0. The lowest BCUT2D eigenvalue weighted by atomic mass is 9.95. The number of hydrogen-bond acceptors (Lipinski definition) is 6. The lowest BCUT2D eigenvalue weighted by molar-refractivity contribution is 0.200. The first-order valence-corrected chi connectivity index (χ1v) is 9.37. The van der Waals surface area contributed by atoms with Crippen LogP contribution in [-0.2, 0) is 13.1 Å². The quantitative estimate of drug-likeness (QED) is 0.667. The number of benzene rings is 1. The van der Waals surface area contributed by atoms with Gasteiger partial charge >= 0.3 is 0 Å². The van der Waals surface area contributed by atoms with Gasteiger partial charge in [-0.3, -0.25) is 9.58 Å². The van der Waals surface area contributed by atoms with Gasteiger partial charge in [-0.1, -0.05) is 11.2 Å². The minimum Gasteiger partial charge on any atom is -0.496 e. The Bertz CT molecular complexity index is 866.